The van der Waals surface area contributed by atoms with Crippen LogP contribution < -0.4 is 5.32 Å². The number of hydrogen-bond acceptors (Lipinski definition) is 3. The highest BCUT2D eigenvalue weighted by molar-refractivity contribution is 5.15. The lowest BCUT2D eigenvalue weighted by Gasteiger charge is -2.32. The van der Waals surface area contributed by atoms with Gasteiger partial charge in [0.25, 0.3) is 0 Å². The Morgan fingerprint density at radius 2 is 2.09 bits per heavy atom. The normalized spacial score (nSPS) is 32.6. The van der Waals surface area contributed by atoms with E-state index in [1.807, 2.05) is 0 Å². The number of likely N-dealkylation sites (tertiary alicyclic amines) is 1. The average Bonchev–Trinajstić information content (AvgIpc) is 3.15. The van der Waals surface area contributed by atoms with E-state index in [1.54, 1.807) is 0 Å². The molecule has 3 rings (SSSR count). The Morgan fingerprint density at radius 1 is 1.27 bits per heavy atom. The Hall–Kier alpha value is -0.900. The third-order valence-corrected chi connectivity index (χ3v) is 5.71. The molecule has 122 valence electrons. The van der Waals surface area contributed by atoms with Gasteiger partial charge in [-0.15, -0.1) is 0 Å². The van der Waals surface area contributed by atoms with Crippen LogP contribution in [0.4, 0.5) is 0 Å². The van der Waals surface area contributed by atoms with E-state index in [1.165, 1.54) is 31.4 Å². The number of nitrogens with one attached hydrogen (secondary N) is 1. The molecule has 1 aromatic carbocycles. The van der Waals surface area contributed by atoms with Crippen molar-refractivity contribution in [2.24, 2.45) is 5.41 Å². The van der Waals surface area contributed by atoms with Crippen LogP contribution in [0, 0.1) is 5.41 Å². The fraction of sp³-hybridized carbons (Fsp3) is 0.684. The second-order valence-corrected chi connectivity index (χ2v) is 7.45. The Kier molecular flexibility index (Phi) is 5.17. The molecule has 1 saturated heterocycles. The SMILES string of the molecule is CC1(CO)CCCC1NC1CCN(CCc2ccccc2)C1. The van der Waals surface area contributed by atoms with Crippen molar-refractivity contribution in [2.75, 3.05) is 26.2 Å². The molecule has 0 radical (unpaired) electrons. The molecule has 2 fully saturated rings. The highest BCUT2D eigenvalue weighted by Gasteiger charge is 2.39. The van der Waals surface area contributed by atoms with Crippen molar-refractivity contribution in [3.8, 4) is 0 Å². The first-order chi connectivity index (χ1) is 10.7. The molecule has 1 saturated carbocycles. The summed E-state index contributed by atoms with van der Waals surface area (Å²) in [4.78, 5) is 2.58. The second-order valence-electron chi connectivity index (χ2n) is 7.45. The molecule has 0 aromatic heterocycles. The van der Waals surface area contributed by atoms with Crippen LogP contribution in [0.1, 0.15) is 38.2 Å². The third kappa shape index (κ3) is 3.70. The van der Waals surface area contributed by atoms with Gasteiger partial charge in [-0.2, -0.15) is 0 Å². The van der Waals surface area contributed by atoms with Gasteiger partial charge in [-0.25, -0.2) is 0 Å². The first-order valence-corrected chi connectivity index (χ1v) is 8.83. The summed E-state index contributed by atoms with van der Waals surface area (Å²) in [6.07, 6.45) is 6.01. The fourth-order valence-corrected chi connectivity index (χ4v) is 4.09. The lowest BCUT2D eigenvalue weighted by Crippen LogP contribution is -2.47. The molecule has 1 aliphatic heterocycles. The van der Waals surface area contributed by atoms with Gasteiger partial charge in [-0.1, -0.05) is 43.7 Å². The Labute approximate surface area is 134 Å². The third-order valence-electron chi connectivity index (χ3n) is 5.71. The molecule has 3 atom stereocenters. The minimum atomic E-state index is 0.0947. The smallest absolute Gasteiger partial charge is 0.0499 e. The zero-order valence-corrected chi connectivity index (χ0v) is 13.8. The molecule has 2 N–H and O–H groups in total. The van der Waals surface area contributed by atoms with Crippen LogP contribution in [0.3, 0.4) is 0 Å². The van der Waals surface area contributed by atoms with Crippen molar-refractivity contribution in [3.63, 3.8) is 0 Å². The van der Waals surface area contributed by atoms with Crippen LogP contribution in [0.5, 0.6) is 0 Å². The number of aliphatic hydroxyl groups excluding tert-OH is 1. The Balaban J connectivity index is 1.44. The quantitative estimate of drug-likeness (QED) is 0.847. The summed E-state index contributed by atoms with van der Waals surface area (Å²) in [7, 11) is 0. The summed E-state index contributed by atoms with van der Waals surface area (Å²) >= 11 is 0. The summed E-state index contributed by atoms with van der Waals surface area (Å²) in [5.41, 5.74) is 1.53. The van der Waals surface area contributed by atoms with Crippen LogP contribution in [-0.2, 0) is 6.42 Å². The van der Waals surface area contributed by atoms with Gasteiger partial charge in [0.15, 0.2) is 0 Å². The van der Waals surface area contributed by atoms with Gasteiger partial charge in [0.1, 0.15) is 0 Å². The molecule has 2 aliphatic rings. The van der Waals surface area contributed by atoms with Gasteiger partial charge in [-0.3, -0.25) is 0 Å². The Bertz CT molecular complexity index is 464. The molecule has 0 amide bonds. The van der Waals surface area contributed by atoms with E-state index in [0.717, 1.165) is 25.9 Å². The minimum absolute atomic E-state index is 0.0947. The van der Waals surface area contributed by atoms with Gasteiger partial charge in [0, 0.05) is 37.2 Å². The zero-order valence-electron chi connectivity index (χ0n) is 13.8. The summed E-state index contributed by atoms with van der Waals surface area (Å²) in [5.74, 6) is 0. The molecule has 1 aliphatic carbocycles. The molecule has 3 heteroatoms. The summed E-state index contributed by atoms with van der Waals surface area (Å²) < 4.78 is 0. The maximum Gasteiger partial charge on any atom is 0.0499 e. The van der Waals surface area contributed by atoms with E-state index < -0.39 is 0 Å². The summed E-state index contributed by atoms with van der Waals surface area (Å²) in [6, 6.07) is 11.9. The second kappa shape index (κ2) is 7.12. The molecule has 1 aromatic rings. The lowest BCUT2D eigenvalue weighted by atomic mass is 9.85. The number of rotatable bonds is 6. The van der Waals surface area contributed by atoms with Gasteiger partial charge in [0.05, 0.1) is 0 Å². The maximum absolute atomic E-state index is 9.68. The Morgan fingerprint density at radius 3 is 2.86 bits per heavy atom. The number of nitrogens with zero attached hydrogens (tertiary/aromatic N) is 1. The first-order valence-electron chi connectivity index (χ1n) is 8.83. The highest BCUT2D eigenvalue weighted by Crippen LogP contribution is 2.37. The predicted molar refractivity (Wildman–Crippen MR) is 91.0 cm³/mol. The predicted octanol–water partition coefficient (Wildman–Crippen LogP) is 2.44. The largest absolute Gasteiger partial charge is 0.396 e. The van der Waals surface area contributed by atoms with E-state index in [4.69, 9.17) is 0 Å². The molecule has 22 heavy (non-hydrogen) atoms. The van der Waals surface area contributed by atoms with Crippen LogP contribution in [0.2, 0.25) is 0 Å². The van der Waals surface area contributed by atoms with E-state index >= 15 is 0 Å². The number of hydrogen-bond donors (Lipinski definition) is 2. The molecule has 0 spiro atoms. The topological polar surface area (TPSA) is 35.5 Å². The van der Waals surface area contributed by atoms with Gasteiger partial charge in [-0.05, 0) is 37.8 Å². The summed E-state index contributed by atoms with van der Waals surface area (Å²) in [6.45, 7) is 6.07. The van der Waals surface area contributed by atoms with E-state index in [2.05, 4.69) is 47.5 Å². The van der Waals surface area contributed by atoms with Crippen molar-refractivity contribution in [3.05, 3.63) is 35.9 Å². The fourth-order valence-electron chi connectivity index (χ4n) is 4.09. The average molecular weight is 302 g/mol. The molecule has 3 unspecified atom stereocenters. The van der Waals surface area contributed by atoms with Gasteiger partial charge < -0.3 is 15.3 Å². The first kappa shape index (κ1) is 16.0. The van der Waals surface area contributed by atoms with Crippen molar-refractivity contribution in [1.82, 2.24) is 10.2 Å². The molecule has 3 nitrogen and oxygen atoms in total. The van der Waals surface area contributed by atoms with Crippen LogP contribution in [0.15, 0.2) is 30.3 Å². The zero-order chi connectivity index (χ0) is 15.4. The number of aliphatic hydroxyl groups is 1. The van der Waals surface area contributed by atoms with E-state index in [-0.39, 0.29) is 5.41 Å². The summed E-state index contributed by atoms with van der Waals surface area (Å²) in [5, 5.41) is 13.5. The number of benzene rings is 1. The van der Waals surface area contributed by atoms with Crippen LogP contribution >= 0.6 is 0 Å². The van der Waals surface area contributed by atoms with Crippen molar-refractivity contribution in [2.45, 2.75) is 51.1 Å². The molecular formula is C19H30N2O. The molecule has 1 heterocycles. The van der Waals surface area contributed by atoms with Gasteiger partial charge in [0.2, 0.25) is 0 Å². The van der Waals surface area contributed by atoms with Crippen molar-refractivity contribution < 1.29 is 5.11 Å². The van der Waals surface area contributed by atoms with Crippen LogP contribution in [-0.4, -0.2) is 48.3 Å². The van der Waals surface area contributed by atoms with E-state index in [9.17, 15) is 5.11 Å². The molecular weight excluding hydrogens is 272 g/mol. The van der Waals surface area contributed by atoms with Crippen LogP contribution in [0.25, 0.3) is 0 Å². The van der Waals surface area contributed by atoms with Gasteiger partial charge >= 0.3 is 0 Å². The minimum Gasteiger partial charge on any atom is -0.396 e. The highest BCUT2D eigenvalue weighted by atomic mass is 16.3. The van der Waals surface area contributed by atoms with Crippen molar-refractivity contribution in [1.29, 1.82) is 0 Å². The maximum atomic E-state index is 9.68. The van der Waals surface area contributed by atoms with E-state index in [0.29, 0.717) is 18.7 Å². The molecule has 0 bridgehead atoms. The monoisotopic (exact) mass is 302 g/mol. The van der Waals surface area contributed by atoms with Crippen molar-refractivity contribution >= 4 is 0 Å². The standard InChI is InChI=1S/C19H30N2O/c1-19(15-22)11-5-8-18(19)20-17-10-13-21(14-17)12-9-16-6-3-2-4-7-16/h2-4,6-7,17-18,20,22H,5,8-15H2,1H3. The lowest BCUT2D eigenvalue weighted by molar-refractivity contribution is 0.113.